The van der Waals surface area contributed by atoms with Crippen molar-refractivity contribution >= 4 is 7.12 Å². The molecule has 1 fully saturated rings. The molecular formula is C19H21BO2. The van der Waals surface area contributed by atoms with Crippen LogP contribution in [-0.4, -0.2) is 7.12 Å². The monoisotopic (exact) mass is 292 g/mol. The molecule has 0 spiro atoms. The Hall–Kier alpha value is -1.58. The number of hydrogen-bond donors (Lipinski definition) is 0. The Kier molecular flexibility index (Phi) is 3.35. The summed E-state index contributed by atoms with van der Waals surface area (Å²) >= 11 is 0. The van der Waals surface area contributed by atoms with E-state index >= 15 is 0 Å². The molecule has 112 valence electrons. The van der Waals surface area contributed by atoms with Gasteiger partial charge in [-0.3, -0.25) is 0 Å². The van der Waals surface area contributed by atoms with Crippen molar-refractivity contribution in [2.75, 3.05) is 0 Å². The predicted molar refractivity (Wildman–Crippen MR) is 89.6 cm³/mol. The van der Waals surface area contributed by atoms with Gasteiger partial charge in [0.05, 0.1) is 0 Å². The van der Waals surface area contributed by atoms with E-state index in [4.69, 9.17) is 9.31 Å². The second-order valence-electron chi connectivity index (χ2n) is 6.45. The molecule has 2 aliphatic rings. The highest BCUT2D eigenvalue weighted by Crippen LogP contribution is 2.55. The van der Waals surface area contributed by atoms with E-state index in [9.17, 15) is 0 Å². The zero-order valence-electron chi connectivity index (χ0n) is 13.2. The van der Waals surface area contributed by atoms with Crippen LogP contribution in [0.25, 0.3) is 11.1 Å². The number of benzene rings is 2. The molecule has 22 heavy (non-hydrogen) atoms. The Balaban J connectivity index is 1.83. The molecule has 1 aliphatic carbocycles. The molecule has 1 aliphatic heterocycles. The van der Waals surface area contributed by atoms with Crippen LogP contribution in [-0.2, 0) is 14.9 Å². The number of rotatable bonds is 3. The van der Waals surface area contributed by atoms with Crippen LogP contribution in [0, 0.1) is 0 Å². The summed E-state index contributed by atoms with van der Waals surface area (Å²) in [5, 5.41) is 0. The minimum absolute atomic E-state index is 0.0135. The van der Waals surface area contributed by atoms with Crippen molar-refractivity contribution in [1.82, 2.24) is 0 Å². The molecule has 2 nitrogen and oxygen atoms in total. The molecule has 0 radical (unpaired) electrons. The molecule has 3 heteroatoms. The first-order chi connectivity index (χ1) is 10.7. The lowest BCUT2D eigenvalue weighted by Gasteiger charge is -2.38. The van der Waals surface area contributed by atoms with E-state index in [-0.39, 0.29) is 18.8 Å². The molecule has 0 aromatic heterocycles. The van der Waals surface area contributed by atoms with Gasteiger partial charge in [-0.1, -0.05) is 68.3 Å². The van der Waals surface area contributed by atoms with Gasteiger partial charge in [0.15, 0.2) is 0 Å². The Labute approximate surface area is 132 Å². The van der Waals surface area contributed by atoms with E-state index in [1.165, 1.54) is 22.3 Å². The van der Waals surface area contributed by atoms with Crippen molar-refractivity contribution in [2.45, 2.75) is 44.7 Å². The van der Waals surface area contributed by atoms with E-state index in [1.54, 1.807) is 0 Å². The molecule has 2 aromatic rings. The van der Waals surface area contributed by atoms with Crippen LogP contribution >= 0.6 is 0 Å². The van der Waals surface area contributed by atoms with E-state index in [2.05, 4.69) is 62.4 Å². The number of fused-ring (bicyclic) bond motifs is 6. The highest BCUT2D eigenvalue weighted by atomic mass is 16.7. The quantitative estimate of drug-likeness (QED) is 0.744. The summed E-state index contributed by atoms with van der Waals surface area (Å²) in [6.45, 7) is 4.38. The van der Waals surface area contributed by atoms with Gasteiger partial charge in [-0.2, -0.15) is 0 Å². The minimum Gasteiger partial charge on any atom is -0.401 e. The van der Waals surface area contributed by atoms with Gasteiger partial charge < -0.3 is 9.31 Å². The second-order valence-corrected chi connectivity index (χ2v) is 6.45. The van der Waals surface area contributed by atoms with Crippen molar-refractivity contribution in [3.05, 3.63) is 59.7 Å². The van der Waals surface area contributed by atoms with Crippen molar-refractivity contribution in [3.63, 3.8) is 0 Å². The van der Waals surface area contributed by atoms with Crippen LogP contribution in [0.1, 0.15) is 43.9 Å². The summed E-state index contributed by atoms with van der Waals surface area (Å²) in [4.78, 5) is 0. The highest BCUT2D eigenvalue weighted by molar-refractivity contribution is 6.45. The van der Waals surface area contributed by atoms with Gasteiger partial charge in [0.1, 0.15) is 11.7 Å². The third-order valence-electron chi connectivity index (χ3n) is 4.95. The van der Waals surface area contributed by atoms with Gasteiger partial charge in [-0.05, 0) is 35.5 Å². The van der Waals surface area contributed by atoms with Crippen LogP contribution in [0.15, 0.2) is 48.5 Å². The lowest BCUT2D eigenvalue weighted by molar-refractivity contribution is 0.0489. The molecule has 1 heterocycles. The molecule has 0 saturated carbocycles. The fraction of sp³-hybridized carbons (Fsp3) is 0.368. The van der Waals surface area contributed by atoms with Gasteiger partial charge in [-0.25, -0.2) is 0 Å². The molecule has 0 amide bonds. The predicted octanol–water partition coefficient (Wildman–Crippen LogP) is 4.96. The van der Waals surface area contributed by atoms with Crippen molar-refractivity contribution in [1.29, 1.82) is 0 Å². The maximum Gasteiger partial charge on any atom is 0.458 e. The SMILES string of the molecule is CCCCB1O[C@H]2c3ccccc3-c3ccccc3[C@@]2(C)O1. The molecule has 2 atom stereocenters. The Morgan fingerprint density at radius 3 is 2.59 bits per heavy atom. The molecule has 0 bridgehead atoms. The molecule has 1 saturated heterocycles. The summed E-state index contributed by atoms with van der Waals surface area (Å²) in [5.74, 6) is 0. The third-order valence-corrected chi connectivity index (χ3v) is 4.95. The van der Waals surface area contributed by atoms with Gasteiger partial charge >= 0.3 is 7.12 Å². The van der Waals surface area contributed by atoms with Crippen molar-refractivity contribution in [3.8, 4) is 11.1 Å². The van der Waals surface area contributed by atoms with Crippen molar-refractivity contribution < 1.29 is 9.31 Å². The van der Waals surface area contributed by atoms with E-state index in [0.717, 1.165) is 19.2 Å². The zero-order chi connectivity index (χ0) is 15.2. The summed E-state index contributed by atoms with van der Waals surface area (Å²) in [6.07, 6.45) is 3.25. The summed E-state index contributed by atoms with van der Waals surface area (Å²) < 4.78 is 12.7. The Morgan fingerprint density at radius 1 is 1.05 bits per heavy atom. The number of hydrogen-bond acceptors (Lipinski definition) is 2. The maximum atomic E-state index is 6.42. The first kappa shape index (κ1) is 14.0. The van der Waals surface area contributed by atoms with Gasteiger partial charge in [0.25, 0.3) is 0 Å². The van der Waals surface area contributed by atoms with Crippen molar-refractivity contribution in [2.24, 2.45) is 0 Å². The van der Waals surface area contributed by atoms with Crippen LogP contribution in [0.4, 0.5) is 0 Å². The lowest BCUT2D eigenvalue weighted by atomic mass is 9.74. The van der Waals surface area contributed by atoms with E-state index in [1.807, 2.05) is 0 Å². The highest BCUT2D eigenvalue weighted by Gasteiger charge is 2.53. The third kappa shape index (κ3) is 1.96. The molecule has 4 rings (SSSR count). The average Bonchev–Trinajstić information content (AvgIpc) is 2.91. The lowest BCUT2D eigenvalue weighted by Crippen LogP contribution is -2.32. The number of unbranched alkanes of at least 4 members (excludes halogenated alkanes) is 1. The first-order valence-electron chi connectivity index (χ1n) is 8.26. The van der Waals surface area contributed by atoms with E-state index in [0.29, 0.717) is 0 Å². The Bertz CT molecular complexity index is 699. The summed E-state index contributed by atoms with van der Waals surface area (Å²) in [7, 11) is -0.103. The Morgan fingerprint density at radius 2 is 1.77 bits per heavy atom. The largest absolute Gasteiger partial charge is 0.458 e. The van der Waals surface area contributed by atoms with Gasteiger partial charge in [0, 0.05) is 0 Å². The summed E-state index contributed by atoms with van der Waals surface area (Å²) in [5.41, 5.74) is 4.67. The summed E-state index contributed by atoms with van der Waals surface area (Å²) in [6, 6.07) is 17.1. The maximum absolute atomic E-state index is 6.42. The average molecular weight is 292 g/mol. The molecule has 0 unspecified atom stereocenters. The molecule has 0 N–H and O–H groups in total. The zero-order valence-corrected chi connectivity index (χ0v) is 13.2. The molecule has 2 aromatic carbocycles. The van der Waals surface area contributed by atoms with E-state index < -0.39 is 0 Å². The first-order valence-corrected chi connectivity index (χ1v) is 8.26. The van der Waals surface area contributed by atoms with Crippen LogP contribution in [0.5, 0.6) is 0 Å². The van der Waals surface area contributed by atoms with Crippen LogP contribution < -0.4 is 0 Å². The smallest absolute Gasteiger partial charge is 0.401 e. The second kappa shape index (κ2) is 5.25. The topological polar surface area (TPSA) is 18.5 Å². The fourth-order valence-electron chi connectivity index (χ4n) is 3.84. The normalized spacial score (nSPS) is 25.5. The van der Waals surface area contributed by atoms with Gasteiger partial charge in [0.2, 0.25) is 0 Å². The van der Waals surface area contributed by atoms with Crippen LogP contribution in [0.3, 0.4) is 0 Å². The minimum atomic E-state index is -0.386. The fourth-order valence-corrected chi connectivity index (χ4v) is 3.84. The van der Waals surface area contributed by atoms with Crippen LogP contribution in [0.2, 0.25) is 6.32 Å². The standard InChI is InChI=1S/C19H21BO2/c1-3-4-13-20-21-18-16-11-6-5-9-14(16)15-10-7-8-12-17(15)19(18,2)22-20/h5-12,18H,3-4,13H2,1-2H3/t18-,19+/m0/s1. The van der Waals surface area contributed by atoms with Gasteiger partial charge in [-0.15, -0.1) is 0 Å². The molecular weight excluding hydrogens is 271 g/mol.